The first-order valence-corrected chi connectivity index (χ1v) is 4.55. The van der Waals surface area contributed by atoms with Crippen molar-refractivity contribution in [1.29, 1.82) is 0 Å². The summed E-state index contributed by atoms with van der Waals surface area (Å²) in [5.41, 5.74) is 0. The number of thiophene rings is 1. The van der Waals surface area contributed by atoms with Crippen LogP contribution in [0.3, 0.4) is 0 Å². The summed E-state index contributed by atoms with van der Waals surface area (Å²) >= 11 is 4.94. The molecule has 1 atom stereocenters. The van der Waals surface area contributed by atoms with E-state index in [9.17, 15) is 4.79 Å². The van der Waals surface area contributed by atoms with Crippen molar-refractivity contribution in [2.45, 2.75) is 12.8 Å². The van der Waals surface area contributed by atoms with Crippen molar-refractivity contribution in [3.63, 3.8) is 0 Å². The zero-order chi connectivity index (χ0) is 7.56. The maximum atomic E-state index is 10.3. The number of carbonyl (C=O) groups is 1. The van der Waals surface area contributed by atoms with Gasteiger partial charge in [0.2, 0.25) is 0 Å². The molecule has 0 N–H and O–H groups in total. The summed E-state index contributed by atoms with van der Waals surface area (Å²) in [5.74, 6) is 0.0382. The Morgan fingerprint density at radius 1 is 1.70 bits per heavy atom. The van der Waals surface area contributed by atoms with Crippen LogP contribution < -0.4 is 0 Å². The Bertz CT molecular complexity index is 231. The SMILES string of the molecule is CC(C=O)c1ccc(Br)s1. The Labute approximate surface area is 72.2 Å². The zero-order valence-electron chi connectivity index (χ0n) is 5.50. The smallest absolute Gasteiger partial charge is 0.127 e. The molecule has 0 spiro atoms. The predicted molar refractivity (Wildman–Crippen MR) is 46.5 cm³/mol. The minimum Gasteiger partial charge on any atom is -0.303 e. The van der Waals surface area contributed by atoms with Gasteiger partial charge in [-0.3, -0.25) is 0 Å². The molecule has 54 valence electrons. The highest BCUT2D eigenvalue weighted by atomic mass is 79.9. The lowest BCUT2D eigenvalue weighted by Crippen LogP contribution is -1.88. The van der Waals surface area contributed by atoms with Crippen LogP contribution in [0.15, 0.2) is 15.9 Å². The van der Waals surface area contributed by atoms with Crippen molar-refractivity contribution in [2.75, 3.05) is 0 Å². The molecule has 1 heterocycles. The molecule has 0 amide bonds. The average molecular weight is 219 g/mol. The van der Waals surface area contributed by atoms with Crippen molar-refractivity contribution in [3.8, 4) is 0 Å². The minimum absolute atomic E-state index is 0.0382. The molecule has 0 aliphatic carbocycles. The van der Waals surface area contributed by atoms with Crippen molar-refractivity contribution in [1.82, 2.24) is 0 Å². The Morgan fingerprint density at radius 3 is 2.80 bits per heavy atom. The van der Waals surface area contributed by atoms with Gasteiger partial charge >= 0.3 is 0 Å². The van der Waals surface area contributed by atoms with Crippen LogP contribution in [-0.2, 0) is 4.79 Å². The van der Waals surface area contributed by atoms with Gasteiger partial charge in [-0.1, -0.05) is 6.92 Å². The van der Waals surface area contributed by atoms with E-state index in [2.05, 4.69) is 15.9 Å². The monoisotopic (exact) mass is 218 g/mol. The lowest BCUT2D eigenvalue weighted by molar-refractivity contribution is -0.108. The second-order valence-corrected chi connectivity index (χ2v) is 4.56. The Hall–Kier alpha value is -0.150. The molecule has 1 aromatic heterocycles. The van der Waals surface area contributed by atoms with Gasteiger partial charge < -0.3 is 4.79 Å². The number of hydrogen-bond acceptors (Lipinski definition) is 2. The number of rotatable bonds is 2. The van der Waals surface area contributed by atoms with Crippen LogP contribution in [0.5, 0.6) is 0 Å². The van der Waals surface area contributed by atoms with Crippen molar-refractivity contribution in [3.05, 3.63) is 20.8 Å². The standard InChI is InChI=1S/C7H7BrOS/c1-5(4-9)6-2-3-7(8)10-6/h2-5H,1H3. The Morgan fingerprint density at radius 2 is 2.40 bits per heavy atom. The lowest BCUT2D eigenvalue weighted by Gasteiger charge is -1.94. The summed E-state index contributed by atoms with van der Waals surface area (Å²) in [4.78, 5) is 11.4. The molecule has 1 rings (SSSR count). The van der Waals surface area contributed by atoms with Crippen LogP contribution >= 0.6 is 27.3 Å². The number of halogens is 1. The van der Waals surface area contributed by atoms with Gasteiger partial charge in [-0.2, -0.15) is 0 Å². The molecule has 0 saturated carbocycles. The van der Waals surface area contributed by atoms with Gasteiger partial charge in [0, 0.05) is 10.8 Å². The maximum Gasteiger partial charge on any atom is 0.127 e. The van der Waals surface area contributed by atoms with Crippen LogP contribution in [-0.4, -0.2) is 6.29 Å². The molecule has 0 saturated heterocycles. The van der Waals surface area contributed by atoms with E-state index in [1.807, 2.05) is 19.1 Å². The third-order valence-electron chi connectivity index (χ3n) is 1.25. The topological polar surface area (TPSA) is 17.1 Å². The Kier molecular flexibility index (Phi) is 2.63. The zero-order valence-corrected chi connectivity index (χ0v) is 7.91. The van der Waals surface area contributed by atoms with E-state index in [0.717, 1.165) is 14.9 Å². The second kappa shape index (κ2) is 3.30. The average Bonchev–Trinajstić information content (AvgIpc) is 2.34. The molecule has 0 aromatic carbocycles. The van der Waals surface area contributed by atoms with E-state index in [4.69, 9.17) is 0 Å². The summed E-state index contributed by atoms with van der Waals surface area (Å²) in [5, 5.41) is 0. The fourth-order valence-corrected chi connectivity index (χ4v) is 2.07. The van der Waals surface area contributed by atoms with E-state index in [0.29, 0.717) is 0 Å². The van der Waals surface area contributed by atoms with Gasteiger partial charge in [0.25, 0.3) is 0 Å². The highest BCUT2D eigenvalue weighted by Crippen LogP contribution is 2.26. The van der Waals surface area contributed by atoms with Crippen LogP contribution in [0.4, 0.5) is 0 Å². The summed E-state index contributed by atoms with van der Waals surface area (Å²) in [6, 6.07) is 3.92. The van der Waals surface area contributed by atoms with Crippen molar-refractivity contribution >= 4 is 33.6 Å². The molecule has 0 bridgehead atoms. The highest BCUT2D eigenvalue weighted by Gasteiger charge is 2.04. The predicted octanol–water partition coefficient (Wildman–Crippen LogP) is 2.81. The molecular formula is C7H7BrOS. The van der Waals surface area contributed by atoms with Crippen LogP contribution in [0.1, 0.15) is 17.7 Å². The number of aldehydes is 1. The Balaban J connectivity index is 2.84. The lowest BCUT2D eigenvalue weighted by atomic mass is 10.2. The fourth-order valence-electron chi connectivity index (χ4n) is 0.640. The molecular weight excluding hydrogens is 212 g/mol. The largest absolute Gasteiger partial charge is 0.303 e. The molecule has 0 aliphatic heterocycles. The molecule has 1 nitrogen and oxygen atoms in total. The maximum absolute atomic E-state index is 10.3. The molecule has 3 heteroatoms. The molecule has 10 heavy (non-hydrogen) atoms. The molecule has 1 aromatic rings. The quantitative estimate of drug-likeness (QED) is 0.699. The molecule has 0 aliphatic rings. The number of carbonyl (C=O) groups excluding carboxylic acids is 1. The van der Waals surface area contributed by atoms with Gasteiger partial charge in [-0.15, -0.1) is 11.3 Å². The normalized spacial score (nSPS) is 13.0. The third kappa shape index (κ3) is 1.67. The van der Waals surface area contributed by atoms with Crippen LogP contribution in [0, 0.1) is 0 Å². The fraction of sp³-hybridized carbons (Fsp3) is 0.286. The van der Waals surface area contributed by atoms with E-state index >= 15 is 0 Å². The summed E-state index contributed by atoms with van der Waals surface area (Å²) in [6.45, 7) is 1.89. The van der Waals surface area contributed by atoms with Gasteiger partial charge in [0.05, 0.1) is 3.79 Å². The van der Waals surface area contributed by atoms with Crippen LogP contribution in [0.2, 0.25) is 0 Å². The van der Waals surface area contributed by atoms with Crippen LogP contribution in [0.25, 0.3) is 0 Å². The first-order chi connectivity index (χ1) is 4.74. The second-order valence-electron chi connectivity index (χ2n) is 2.07. The first-order valence-electron chi connectivity index (χ1n) is 2.94. The summed E-state index contributed by atoms with van der Waals surface area (Å²) < 4.78 is 1.08. The van der Waals surface area contributed by atoms with Gasteiger partial charge in [0.15, 0.2) is 0 Å². The van der Waals surface area contributed by atoms with E-state index in [1.54, 1.807) is 11.3 Å². The molecule has 0 fully saturated rings. The highest BCUT2D eigenvalue weighted by molar-refractivity contribution is 9.11. The van der Waals surface area contributed by atoms with Crippen molar-refractivity contribution < 1.29 is 4.79 Å². The molecule has 0 radical (unpaired) electrons. The van der Waals surface area contributed by atoms with Gasteiger partial charge in [0.1, 0.15) is 6.29 Å². The third-order valence-corrected chi connectivity index (χ3v) is 3.07. The van der Waals surface area contributed by atoms with E-state index in [-0.39, 0.29) is 5.92 Å². The summed E-state index contributed by atoms with van der Waals surface area (Å²) in [6.07, 6.45) is 0.957. The molecule has 1 unspecified atom stereocenters. The minimum atomic E-state index is 0.0382. The van der Waals surface area contributed by atoms with Crippen molar-refractivity contribution in [2.24, 2.45) is 0 Å². The van der Waals surface area contributed by atoms with Gasteiger partial charge in [-0.25, -0.2) is 0 Å². The summed E-state index contributed by atoms with van der Waals surface area (Å²) in [7, 11) is 0. The first kappa shape index (κ1) is 7.95. The van der Waals surface area contributed by atoms with E-state index in [1.165, 1.54) is 0 Å². The van der Waals surface area contributed by atoms with E-state index < -0.39 is 0 Å². The van der Waals surface area contributed by atoms with Gasteiger partial charge in [-0.05, 0) is 28.1 Å². The number of hydrogen-bond donors (Lipinski definition) is 0.